The van der Waals surface area contributed by atoms with E-state index in [0.717, 1.165) is 23.6 Å². The number of amides is 1. The molecule has 4 nitrogen and oxygen atoms in total. The van der Waals surface area contributed by atoms with E-state index in [0.29, 0.717) is 6.07 Å². The Hall–Kier alpha value is -2.41. The smallest absolute Gasteiger partial charge is 0.340 e. The summed E-state index contributed by atoms with van der Waals surface area (Å²) in [4.78, 5) is 24.3. The molecule has 2 aromatic rings. The molecule has 126 valence electrons. The van der Waals surface area contributed by atoms with Crippen LogP contribution in [0.2, 0.25) is 0 Å². The zero-order chi connectivity index (χ0) is 17.7. The van der Waals surface area contributed by atoms with Crippen LogP contribution in [-0.4, -0.2) is 24.7 Å². The number of benzene rings is 2. The van der Waals surface area contributed by atoms with Gasteiger partial charge in [-0.05, 0) is 24.6 Å². The molecule has 0 saturated carbocycles. The summed E-state index contributed by atoms with van der Waals surface area (Å²) in [5, 5.41) is 2.34. The molecule has 0 saturated heterocycles. The molecule has 0 spiro atoms. The summed E-state index contributed by atoms with van der Waals surface area (Å²) in [6.45, 7) is 1.92. The second-order valence-corrected chi connectivity index (χ2v) is 5.92. The van der Waals surface area contributed by atoms with Gasteiger partial charge in [0, 0.05) is 11.0 Å². The van der Waals surface area contributed by atoms with E-state index in [1.165, 1.54) is 11.8 Å². The lowest BCUT2D eigenvalue weighted by Gasteiger charge is -2.09. The summed E-state index contributed by atoms with van der Waals surface area (Å²) in [5.41, 5.74) is 0.309. The highest BCUT2D eigenvalue weighted by atomic mass is 32.2. The number of methoxy groups -OCH3 is 1. The average molecular weight is 351 g/mol. The Bertz CT molecular complexity index is 780. The molecule has 0 fully saturated rings. The molecule has 0 bridgehead atoms. The minimum absolute atomic E-state index is 0.0508. The third kappa shape index (κ3) is 4.32. The molecule has 0 radical (unpaired) electrons. The van der Waals surface area contributed by atoms with Crippen molar-refractivity contribution in [1.29, 1.82) is 0 Å². The minimum atomic E-state index is -1.05. The molecule has 0 aliphatic heterocycles. The number of hydrogen-bond acceptors (Lipinski definition) is 4. The number of nitrogens with one attached hydrogen (secondary N) is 1. The zero-order valence-corrected chi connectivity index (χ0v) is 13.9. The number of halogens is 2. The molecule has 2 rings (SSSR count). The van der Waals surface area contributed by atoms with Gasteiger partial charge in [-0.15, -0.1) is 11.8 Å². The highest BCUT2D eigenvalue weighted by Gasteiger charge is 2.18. The number of carbonyl (C=O) groups is 2. The van der Waals surface area contributed by atoms with Crippen LogP contribution in [0, 0.1) is 18.6 Å². The number of ether oxygens (including phenoxy) is 1. The van der Waals surface area contributed by atoms with Crippen molar-refractivity contribution in [3.8, 4) is 0 Å². The van der Waals surface area contributed by atoms with Crippen LogP contribution in [-0.2, 0) is 9.53 Å². The van der Waals surface area contributed by atoms with Gasteiger partial charge in [-0.25, -0.2) is 13.6 Å². The number of aryl methyl sites for hydroxylation is 1. The third-order valence-corrected chi connectivity index (χ3v) is 4.36. The average Bonchev–Trinajstić information content (AvgIpc) is 2.56. The van der Waals surface area contributed by atoms with Crippen LogP contribution < -0.4 is 5.32 Å². The van der Waals surface area contributed by atoms with E-state index in [-0.39, 0.29) is 11.4 Å². The maximum atomic E-state index is 13.8. The summed E-state index contributed by atoms with van der Waals surface area (Å²) in [6, 6.07) is 9.00. The normalized spacial score (nSPS) is 10.3. The molecule has 7 heteroatoms. The maximum absolute atomic E-state index is 13.8. The van der Waals surface area contributed by atoms with Crippen molar-refractivity contribution in [2.24, 2.45) is 0 Å². The Labute approximate surface area is 142 Å². The lowest BCUT2D eigenvalue weighted by Crippen LogP contribution is -2.16. The third-order valence-electron chi connectivity index (χ3n) is 3.19. The van der Waals surface area contributed by atoms with E-state index in [4.69, 9.17) is 0 Å². The Morgan fingerprint density at radius 2 is 1.88 bits per heavy atom. The van der Waals surface area contributed by atoms with Crippen molar-refractivity contribution >= 4 is 29.3 Å². The first-order chi connectivity index (χ1) is 11.4. The first-order valence-corrected chi connectivity index (χ1v) is 7.96. The highest BCUT2D eigenvalue weighted by Crippen LogP contribution is 2.23. The molecule has 0 aliphatic rings. The first kappa shape index (κ1) is 17.9. The number of hydrogen-bond donors (Lipinski definition) is 1. The van der Waals surface area contributed by atoms with E-state index >= 15 is 0 Å². The predicted octanol–water partition coefficient (Wildman–Crippen LogP) is 3.79. The number of thioether (sulfide) groups is 1. The molecular formula is C17H15F2NO3S. The molecule has 0 atom stereocenters. The van der Waals surface area contributed by atoms with Gasteiger partial charge < -0.3 is 10.1 Å². The molecule has 0 unspecified atom stereocenters. The number of rotatable bonds is 5. The molecule has 1 amide bonds. The molecular weight excluding hydrogens is 336 g/mol. The van der Waals surface area contributed by atoms with Crippen LogP contribution in [0.3, 0.4) is 0 Å². The van der Waals surface area contributed by atoms with E-state index in [1.807, 2.05) is 31.2 Å². The summed E-state index contributed by atoms with van der Waals surface area (Å²) < 4.78 is 31.8. The fourth-order valence-corrected chi connectivity index (χ4v) is 2.79. The SMILES string of the molecule is COC(=O)c1cc(NC(=O)CSc2ccccc2C)c(F)cc1F. The monoisotopic (exact) mass is 351 g/mol. The number of esters is 1. The second kappa shape index (κ2) is 7.92. The topological polar surface area (TPSA) is 55.4 Å². The predicted molar refractivity (Wildman–Crippen MR) is 88.2 cm³/mol. The van der Waals surface area contributed by atoms with Crippen LogP contribution in [0.5, 0.6) is 0 Å². The van der Waals surface area contributed by atoms with Gasteiger partial charge in [0.1, 0.15) is 11.6 Å². The first-order valence-electron chi connectivity index (χ1n) is 6.98. The van der Waals surface area contributed by atoms with Crippen molar-refractivity contribution in [3.63, 3.8) is 0 Å². The van der Waals surface area contributed by atoms with Gasteiger partial charge in [0.05, 0.1) is 24.1 Å². The molecule has 0 aliphatic carbocycles. The highest BCUT2D eigenvalue weighted by molar-refractivity contribution is 8.00. The van der Waals surface area contributed by atoms with E-state index < -0.39 is 29.1 Å². The molecule has 0 aromatic heterocycles. The lowest BCUT2D eigenvalue weighted by atomic mass is 10.1. The molecule has 24 heavy (non-hydrogen) atoms. The minimum Gasteiger partial charge on any atom is -0.465 e. The quantitative estimate of drug-likeness (QED) is 0.658. The Morgan fingerprint density at radius 1 is 1.17 bits per heavy atom. The van der Waals surface area contributed by atoms with Crippen molar-refractivity contribution in [2.45, 2.75) is 11.8 Å². The van der Waals surface area contributed by atoms with Crippen LogP contribution in [0.1, 0.15) is 15.9 Å². The van der Waals surface area contributed by atoms with Crippen molar-refractivity contribution in [3.05, 3.63) is 59.2 Å². The molecule has 2 aromatic carbocycles. The molecule has 0 heterocycles. The second-order valence-electron chi connectivity index (χ2n) is 4.91. The van der Waals surface area contributed by atoms with E-state index in [2.05, 4.69) is 10.1 Å². The van der Waals surface area contributed by atoms with E-state index in [1.54, 1.807) is 0 Å². The van der Waals surface area contributed by atoms with Crippen molar-refractivity contribution in [1.82, 2.24) is 0 Å². The van der Waals surface area contributed by atoms with Gasteiger partial charge in [-0.2, -0.15) is 0 Å². The summed E-state index contributed by atoms with van der Waals surface area (Å²) in [7, 11) is 1.09. The number of carbonyl (C=O) groups excluding carboxylic acids is 2. The summed E-state index contributed by atoms with van der Waals surface area (Å²) in [6.07, 6.45) is 0. The van der Waals surface area contributed by atoms with Gasteiger partial charge in [0.2, 0.25) is 5.91 Å². The van der Waals surface area contributed by atoms with Gasteiger partial charge in [-0.1, -0.05) is 18.2 Å². The molecule has 1 N–H and O–H groups in total. The van der Waals surface area contributed by atoms with Crippen LogP contribution >= 0.6 is 11.8 Å². The van der Waals surface area contributed by atoms with Crippen molar-refractivity contribution < 1.29 is 23.1 Å². The van der Waals surface area contributed by atoms with Crippen molar-refractivity contribution in [2.75, 3.05) is 18.2 Å². The van der Waals surface area contributed by atoms with Gasteiger partial charge in [0.15, 0.2) is 0 Å². The van der Waals surface area contributed by atoms with Gasteiger partial charge >= 0.3 is 5.97 Å². The zero-order valence-electron chi connectivity index (χ0n) is 13.1. The lowest BCUT2D eigenvalue weighted by molar-refractivity contribution is -0.113. The fraction of sp³-hybridized carbons (Fsp3) is 0.176. The van der Waals surface area contributed by atoms with Crippen LogP contribution in [0.4, 0.5) is 14.5 Å². The van der Waals surface area contributed by atoms with Gasteiger partial charge in [0.25, 0.3) is 0 Å². The Morgan fingerprint density at radius 3 is 2.54 bits per heavy atom. The summed E-state index contributed by atoms with van der Waals surface area (Å²) in [5.74, 6) is -3.38. The largest absolute Gasteiger partial charge is 0.465 e. The fourth-order valence-electron chi connectivity index (χ4n) is 1.96. The van der Waals surface area contributed by atoms with E-state index in [9.17, 15) is 18.4 Å². The standard InChI is InChI=1S/C17H15F2NO3S/c1-10-5-3-4-6-15(10)24-9-16(21)20-14-7-11(17(22)23-2)12(18)8-13(14)19/h3-8H,9H2,1-2H3,(H,20,21). The Balaban J connectivity index is 2.08. The van der Waals surface area contributed by atoms with Crippen LogP contribution in [0.25, 0.3) is 0 Å². The maximum Gasteiger partial charge on any atom is 0.340 e. The summed E-state index contributed by atoms with van der Waals surface area (Å²) >= 11 is 1.30. The van der Waals surface area contributed by atoms with Crippen LogP contribution in [0.15, 0.2) is 41.3 Å². The Kier molecular flexibility index (Phi) is 5.92. The number of anilines is 1. The van der Waals surface area contributed by atoms with Gasteiger partial charge in [-0.3, -0.25) is 4.79 Å².